The quantitative estimate of drug-likeness (QED) is 0.884. The van der Waals surface area contributed by atoms with Crippen molar-refractivity contribution < 1.29 is 9.47 Å². The number of nitrogens with one attached hydrogen (secondary N) is 1. The number of hydrogen-bond donors (Lipinski definition) is 1. The molecular formula is C19H23NO2. The average molecular weight is 297 g/mol. The van der Waals surface area contributed by atoms with E-state index in [1.54, 1.807) is 0 Å². The van der Waals surface area contributed by atoms with Gasteiger partial charge in [-0.15, -0.1) is 0 Å². The van der Waals surface area contributed by atoms with Crippen LogP contribution in [0.25, 0.3) is 0 Å². The largest absolute Gasteiger partial charge is 0.489 e. The van der Waals surface area contributed by atoms with E-state index < -0.39 is 0 Å². The van der Waals surface area contributed by atoms with Gasteiger partial charge in [0.05, 0.1) is 0 Å². The lowest BCUT2D eigenvalue weighted by Gasteiger charge is -2.23. The van der Waals surface area contributed by atoms with Gasteiger partial charge in [-0.3, -0.25) is 0 Å². The van der Waals surface area contributed by atoms with Crippen molar-refractivity contribution in [3.05, 3.63) is 65.7 Å². The molecule has 0 saturated carbocycles. The topological polar surface area (TPSA) is 30.5 Å². The molecule has 116 valence electrons. The zero-order chi connectivity index (χ0) is 15.0. The van der Waals surface area contributed by atoms with E-state index in [-0.39, 0.29) is 0 Å². The smallest absolute Gasteiger partial charge is 0.119 e. The Hall–Kier alpha value is -1.84. The molecule has 2 aromatic rings. The third-order valence-electron chi connectivity index (χ3n) is 3.99. The fourth-order valence-electron chi connectivity index (χ4n) is 2.61. The first kappa shape index (κ1) is 15.1. The Morgan fingerprint density at radius 2 is 1.64 bits per heavy atom. The predicted molar refractivity (Wildman–Crippen MR) is 87.9 cm³/mol. The molecule has 0 aromatic heterocycles. The zero-order valence-electron chi connectivity index (χ0n) is 12.8. The van der Waals surface area contributed by atoms with Crippen LogP contribution in [0.4, 0.5) is 0 Å². The van der Waals surface area contributed by atoms with Crippen LogP contribution in [0.3, 0.4) is 0 Å². The lowest BCUT2D eigenvalue weighted by Crippen LogP contribution is -2.34. The van der Waals surface area contributed by atoms with Gasteiger partial charge in [0.15, 0.2) is 0 Å². The Labute approximate surface area is 132 Å². The molecule has 1 saturated heterocycles. The summed E-state index contributed by atoms with van der Waals surface area (Å²) in [5, 5.41) is 3.59. The Bertz CT molecular complexity index is 547. The van der Waals surface area contributed by atoms with Crippen LogP contribution in [0, 0.1) is 0 Å². The molecule has 0 bridgehead atoms. The molecule has 0 spiro atoms. The highest BCUT2D eigenvalue weighted by molar-refractivity contribution is 5.27. The summed E-state index contributed by atoms with van der Waals surface area (Å²) in [6.07, 6.45) is 2.22. The van der Waals surface area contributed by atoms with Gasteiger partial charge in [0, 0.05) is 25.8 Å². The van der Waals surface area contributed by atoms with Gasteiger partial charge in [-0.25, -0.2) is 0 Å². The van der Waals surface area contributed by atoms with Gasteiger partial charge in [0.1, 0.15) is 12.4 Å². The molecule has 0 aliphatic carbocycles. The SMILES string of the molecule is c1ccc(COc2ccc(CNC3CCOCC3)cc2)cc1. The monoisotopic (exact) mass is 297 g/mol. The van der Waals surface area contributed by atoms with E-state index in [0.717, 1.165) is 38.3 Å². The minimum atomic E-state index is 0.586. The normalized spacial score (nSPS) is 15.6. The van der Waals surface area contributed by atoms with E-state index >= 15 is 0 Å². The highest BCUT2D eigenvalue weighted by Gasteiger charge is 2.12. The van der Waals surface area contributed by atoms with Gasteiger partial charge < -0.3 is 14.8 Å². The Balaban J connectivity index is 1.45. The standard InChI is InChI=1S/C19H23NO2/c1-2-4-17(5-3-1)15-22-19-8-6-16(7-9-19)14-20-18-10-12-21-13-11-18/h1-9,18,20H,10-15H2. The number of rotatable bonds is 6. The van der Waals surface area contributed by atoms with E-state index in [4.69, 9.17) is 9.47 Å². The van der Waals surface area contributed by atoms with Crippen LogP contribution in [0.15, 0.2) is 54.6 Å². The summed E-state index contributed by atoms with van der Waals surface area (Å²) in [5.41, 5.74) is 2.48. The van der Waals surface area contributed by atoms with Crippen molar-refractivity contribution in [1.82, 2.24) is 5.32 Å². The molecule has 0 amide bonds. The van der Waals surface area contributed by atoms with Crippen LogP contribution in [-0.4, -0.2) is 19.3 Å². The molecular weight excluding hydrogens is 274 g/mol. The van der Waals surface area contributed by atoms with Crippen molar-refractivity contribution in [3.8, 4) is 5.75 Å². The fraction of sp³-hybridized carbons (Fsp3) is 0.368. The first-order chi connectivity index (χ1) is 10.9. The second-order valence-corrected chi connectivity index (χ2v) is 5.69. The molecule has 3 nitrogen and oxygen atoms in total. The first-order valence-electron chi connectivity index (χ1n) is 7.97. The lowest BCUT2D eigenvalue weighted by atomic mass is 10.1. The minimum Gasteiger partial charge on any atom is -0.489 e. The van der Waals surface area contributed by atoms with E-state index in [1.165, 1.54) is 11.1 Å². The van der Waals surface area contributed by atoms with Gasteiger partial charge in [-0.2, -0.15) is 0 Å². The molecule has 1 aliphatic rings. The van der Waals surface area contributed by atoms with E-state index in [9.17, 15) is 0 Å². The molecule has 1 heterocycles. The van der Waals surface area contributed by atoms with Gasteiger partial charge >= 0.3 is 0 Å². The molecule has 3 rings (SSSR count). The van der Waals surface area contributed by atoms with Crippen molar-refractivity contribution >= 4 is 0 Å². The van der Waals surface area contributed by atoms with E-state index in [2.05, 4.69) is 29.6 Å². The van der Waals surface area contributed by atoms with Gasteiger partial charge in [-0.05, 0) is 36.1 Å². The summed E-state index contributed by atoms with van der Waals surface area (Å²) in [5.74, 6) is 0.915. The Kier molecular flexibility index (Phi) is 5.46. The second-order valence-electron chi connectivity index (χ2n) is 5.69. The van der Waals surface area contributed by atoms with Crippen LogP contribution in [0.5, 0.6) is 5.75 Å². The minimum absolute atomic E-state index is 0.586. The van der Waals surface area contributed by atoms with Crippen LogP contribution in [0.2, 0.25) is 0 Å². The molecule has 0 radical (unpaired) electrons. The third kappa shape index (κ3) is 4.58. The summed E-state index contributed by atoms with van der Waals surface area (Å²) < 4.78 is 11.2. The van der Waals surface area contributed by atoms with Crippen molar-refractivity contribution in [2.75, 3.05) is 13.2 Å². The maximum Gasteiger partial charge on any atom is 0.119 e. The van der Waals surface area contributed by atoms with Crippen molar-refractivity contribution in [1.29, 1.82) is 0 Å². The summed E-state index contributed by atoms with van der Waals surface area (Å²) in [6, 6.07) is 19.2. The molecule has 1 fully saturated rings. The first-order valence-corrected chi connectivity index (χ1v) is 7.97. The molecule has 1 aliphatic heterocycles. The highest BCUT2D eigenvalue weighted by atomic mass is 16.5. The van der Waals surface area contributed by atoms with E-state index in [1.807, 2.05) is 30.3 Å². The summed E-state index contributed by atoms with van der Waals surface area (Å²) >= 11 is 0. The third-order valence-corrected chi connectivity index (χ3v) is 3.99. The zero-order valence-corrected chi connectivity index (χ0v) is 12.8. The number of benzene rings is 2. The van der Waals surface area contributed by atoms with Gasteiger partial charge in [0.25, 0.3) is 0 Å². The fourth-order valence-corrected chi connectivity index (χ4v) is 2.61. The Morgan fingerprint density at radius 1 is 0.909 bits per heavy atom. The summed E-state index contributed by atoms with van der Waals surface area (Å²) in [6.45, 7) is 3.28. The van der Waals surface area contributed by atoms with Crippen LogP contribution in [-0.2, 0) is 17.9 Å². The summed E-state index contributed by atoms with van der Waals surface area (Å²) in [4.78, 5) is 0. The maximum absolute atomic E-state index is 5.80. The number of ether oxygens (including phenoxy) is 2. The van der Waals surface area contributed by atoms with Crippen LogP contribution in [0.1, 0.15) is 24.0 Å². The lowest BCUT2D eigenvalue weighted by molar-refractivity contribution is 0.0776. The molecule has 2 aromatic carbocycles. The second kappa shape index (κ2) is 7.97. The molecule has 1 N–H and O–H groups in total. The molecule has 0 atom stereocenters. The molecule has 22 heavy (non-hydrogen) atoms. The van der Waals surface area contributed by atoms with E-state index in [0.29, 0.717) is 12.6 Å². The van der Waals surface area contributed by atoms with Crippen molar-refractivity contribution in [2.45, 2.75) is 32.0 Å². The van der Waals surface area contributed by atoms with Crippen molar-refractivity contribution in [3.63, 3.8) is 0 Å². The molecule has 0 unspecified atom stereocenters. The van der Waals surface area contributed by atoms with Crippen LogP contribution >= 0.6 is 0 Å². The molecule has 3 heteroatoms. The highest BCUT2D eigenvalue weighted by Crippen LogP contribution is 2.15. The van der Waals surface area contributed by atoms with Gasteiger partial charge in [-0.1, -0.05) is 42.5 Å². The Morgan fingerprint density at radius 3 is 2.36 bits per heavy atom. The van der Waals surface area contributed by atoms with Crippen molar-refractivity contribution in [2.24, 2.45) is 0 Å². The maximum atomic E-state index is 5.80. The predicted octanol–water partition coefficient (Wildman–Crippen LogP) is 3.53. The summed E-state index contributed by atoms with van der Waals surface area (Å²) in [7, 11) is 0. The average Bonchev–Trinajstić information content (AvgIpc) is 2.61. The van der Waals surface area contributed by atoms with Crippen LogP contribution < -0.4 is 10.1 Å². The van der Waals surface area contributed by atoms with Gasteiger partial charge in [0.2, 0.25) is 0 Å². The number of hydrogen-bond acceptors (Lipinski definition) is 3.